The fraction of sp³-hybridized carbons (Fsp3) is 0.562. The van der Waals surface area contributed by atoms with Crippen molar-refractivity contribution < 1.29 is 76.6 Å². The monoisotopic (exact) mass is 939 g/mol. The minimum Gasteiger partial charge on any atom is -0.453 e. The second-order valence-electron chi connectivity index (χ2n) is 15.7. The minimum atomic E-state index is -4.19. The Morgan fingerprint density at radius 1 is 0.697 bits per heavy atom. The van der Waals surface area contributed by atoms with Gasteiger partial charge in [0.25, 0.3) is 5.91 Å². The number of hydrogen-bond donors (Lipinski definition) is 5. The molecule has 4 atom stereocenters. The van der Waals surface area contributed by atoms with Crippen molar-refractivity contribution in [3.05, 3.63) is 90.1 Å². The molecule has 0 bridgehead atoms. The summed E-state index contributed by atoms with van der Waals surface area (Å²) in [5, 5.41) is 19.2. The molecule has 66 heavy (non-hydrogen) atoms. The van der Waals surface area contributed by atoms with E-state index in [0.29, 0.717) is 61.5 Å². The maximum atomic E-state index is 14.7. The fourth-order valence-corrected chi connectivity index (χ4v) is 5.90. The van der Waals surface area contributed by atoms with E-state index in [1.807, 2.05) is 0 Å². The second-order valence-corrected chi connectivity index (χ2v) is 15.7. The van der Waals surface area contributed by atoms with E-state index >= 15 is 0 Å². The number of amides is 4. The Labute approximate surface area is 409 Å². The van der Waals surface area contributed by atoms with E-state index in [2.05, 4.69) is 25.8 Å². The predicted octanol–water partition coefficient (Wildman–Crippen LogP) is 4.29. The van der Waals surface area contributed by atoms with Gasteiger partial charge in [0.05, 0.1) is 91.2 Å². The van der Waals surface area contributed by atoms with Gasteiger partial charge in [-0.25, -0.2) is 14.6 Å². The summed E-state index contributed by atoms with van der Waals surface area (Å²) in [5.74, 6) is -2.92. The van der Waals surface area contributed by atoms with Crippen LogP contribution in [0.3, 0.4) is 0 Å². The number of nitrogens with zero attached hydrogens (tertiary/aromatic N) is 2. The number of rotatable bonds is 29. The van der Waals surface area contributed by atoms with E-state index < -0.39 is 106 Å². The molecule has 366 valence electrons. The SMILES string of the molecule is [2H]C([2H])([2H])OC(=O)N[C@H](C(=O)N[C@@H](Cc1ccccc1)[C@@H](O)CN(NC(=O)[C@@H](NC(=O)OCCOCCOCCOCCOCCOC)C(C)(C)C)C([2H])([2H])c1ccc(-c2ccccn2)cc1)C(C([2H])([2H])[2H])(C([2H])([2H])[2H])C([2H])([2H])[2H]. The van der Waals surface area contributed by atoms with Gasteiger partial charge in [0.15, 0.2) is 0 Å². The molecule has 0 aliphatic carbocycles. The lowest BCUT2D eigenvalue weighted by Crippen LogP contribution is -2.61. The second kappa shape index (κ2) is 29.4. The molecule has 0 aliphatic rings. The molecule has 0 saturated heterocycles. The first kappa shape index (κ1) is 36.9. The Hall–Kier alpha value is -5.21. The number of aromatic nitrogens is 1. The van der Waals surface area contributed by atoms with Gasteiger partial charge in [-0.2, -0.15) is 0 Å². The normalized spacial score (nSPS) is 17.7. The zero-order chi connectivity index (χ0) is 60.2. The molecule has 0 unspecified atom stereocenters. The van der Waals surface area contributed by atoms with Crippen LogP contribution in [0.15, 0.2) is 79.0 Å². The Morgan fingerprint density at radius 3 is 1.83 bits per heavy atom. The van der Waals surface area contributed by atoms with Gasteiger partial charge in [-0.1, -0.05) is 102 Å². The number of carbonyl (C=O) groups excluding carboxylic acids is 4. The Morgan fingerprint density at radius 2 is 1.27 bits per heavy atom. The van der Waals surface area contributed by atoms with Gasteiger partial charge in [0.1, 0.15) is 18.7 Å². The number of nitrogens with one attached hydrogen (secondary N) is 4. The van der Waals surface area contributed by atoms with Crippen molar-refractivity contribution in [1.29, 1.82) is 0 Å². The van der Waals surface area contributed by atoms with Crippen molar-refractivity contribution in [2.75, 3.05) is 86.8 Å². The lowest BCUT2D eigenvalue weighted by Gasteiger charge is -2.35. The van der Waals surface area contributed by atoms with E-state index in [1.165, 1.54) is 36.4 Å². The number of aliphatic hydroxyl groups is 1. The lowest BCUT2D eigenvalue weighted by atomic mass is 9.85. The first-order chi connectivity index (χ1) is 37.2. The van der Waals surface area contributed by atoms with Crippen LogP contribution in [-0.4, -0.2) is 150 Å². The third-order valence-corrected chi connectivity index (χ3v) is 9.26. The number of alkyl carbamates (subject to hydrolysis) is 2. The highest BCUT2D eigenvalue weighted by Crippen LogP contribution is 2.23. The van der Waals surface area contributed by atoms with Crippen LogP contribution in [0.4, 0.5) is 9.59 Å². The summed E-state index contributed by atoms with van der Waals surface area (Å²) in [6.45, 7) is -9.19. The molecule has 0 aliphatic heterocycles. The molecular formula is C48H72N6O12. The summed E-state index contributed by atoms with van der Waals surface area (Å²) in [5.41, 5.74) is -1.59. The van der Waals surface area contributed by atoms with Crippen LogP contribution in [0.2, 0.25) is 0 Å². The van der Waals surface area contributed by atoms with Gasteiger partial charge in [0, 0.05) is 44.2 Å². The molecule has 18 nitrogen and oxygen atoms in total. The third-order valence-electron chi connectivity index (χ3n) is 9.26. The van der Waals surface area contributed by atoms with Crippen molar-refractivity contribution >= 4 is 24.0 Å². The molecule has 0 spiro atoms. The molecular weight excluding hydrogens is 853 g/mol. The van der Waals surface area contributed by atoms with Gasteiger partial charge in [-0.05, 0) is 40.5 Å². The average molecular weight is 939 g/mol. The summed E-state index contributed by atoms with van der Waals surface area (Å²) >= 11 is 0. The molecule has 3 aromatic rings. The quantitative estimate of drug-likeness (QED) is 0.0485. The maximum Gasteiger partial charge on any atom is 0.407 e. The van der Waals surface area contributed by atoms with Crippen molar-refractivity contribution in [1.82, 2.24) is 31.4 Å². The van der Waals surface area contributed by atoms with Gasteiger partial charge < -0.3 is 54.2 Å². The highest BCUT2D eigenvalue weighted by Gasteiger charge is 2.37. The lowest BCUT2D eigenvalue weighted by molar-refractivity contribution is -0.132. The predicted molar refractivity (Wildman–Crippen MR) is 248 cm³/mol. The Balaban J connectivity index is 2.00. The summed E-state index contributed by atoms with van der Waals surface area (Å²) in [7, 11) is -2.00. The van der Waals surface area contributed by atoms with Crippen LogP contribution in [0.25, 0.3) is 11.3 Å². The van der Waals surface area contributed by atoms with Crippen LogP contribution in [0.5, 0.6) is 0 Å². The summed E-state index contributed by atoms with van der Waals surface area (Å²) in [4.78, 5) is 59.8. The summed E-state index contributed by atoms with van der Waals surface area (Å²) < 4.78 is 152. The first-order valence-electron chi connectivity index (χ1n) is 28.0. The number of hydrogen-bond acceptors (Lipinski definition) is 14. The molecule has 18 heteroatoms. The van der Waals surface area contributed by atoms with Gasteiger partial charge in [-0.3, -0.25) is 20.0 Å². The molecule has 1 aromatic heterocycles. The van der Waals surface area contributed by atoms with Crippen LogP contribution in [0, 0.1) is 10.8 Å². The van der Waals surface area contributed by atoms with Crippen LogP contribution >= 0.6 is 0 Å². The number of hydrazine groups is 1. The molecule has 0 radical (unpaired) electrons. The average Bonchev–Trinajstić information content (AvgIpc) is 3.34. The molecule has 0 fully saturated rings. The number of ether oxygens (including phenoxy) is 7. The number of methoxy groups -OCH3 is 2. The van der Waals surface area contributed by atoms with Gasteiger partial charge >= 0.3 is 12.2 Å². The van der Waals surface area contributed by atoms with Crippen molar-refractivity contribution in [3.63, 3.8) is 0 Å². The van der Waals surface area contributed by atoms with E-state index in [4.69, 9.17) is 44.9 Å². The Kier molecular flexibility index (Phi) is 16.4. The zero-order valence-corrected chi connectivity index (χ0v) is 37.6. The largest absolute Gasteiger partial charge is 0.453 e. The van der Waals surface area contributed by atoms with Crippen LogP contribution < -0.4 is 21.4 Å². The van der Waals surface area contributed by atoms with Crippen molar-refractivity contribution in [2.24, 2.45) is 10.8 Å². The van der Waals surface area contributed by atoms with E-state index in [1.54, 1.807) is 75.8 Å². The van der Waals surface area contributed by atoms with E-state index in [9.17, 15) is 27.0 Å². The summed E-state index contributed by atoms with van der Waals surface area (Å²) in [6.07, 6.45) is -4.20. The number of benzene rings is 2. The molecule has 0 saturated carbocycles. The zero-order valence-electron chi connectivity index (χ0n) is 51.6. The molecule has 1 heterocycles. The van der Waals surface area contributed by atoms with Crippen LogP contribution in [-0.2, 0) is 55.7 Å². The molecule has 2 aromatic carbocycles. The minimum absolute atomic E-state index is 0.0586. The fourth-order valence-electron chi connectivity index (χ4n) is 5.90. The maximum absolute atomic E-state index is 14.7. The number of aliphatic hydroxyl groups excluding tert-OH is 1. The van der Waals surface area contributed by atoms with Crippen molar-refractivity contribution in [2.45, 2.75) is 78.5 Å². The summed E-state index contributed by atoms with van der Waals surface area (Å²) in [6, 6.07) is 12.2. The van der Waals surface area contributed by atoms with Crippen molar-refractivity contribution in [3.8, 4) is 11.3 Å². The number of pyridine rings is 1. The molecule has 4 amide bonds. The topological polar surface area (TPSA) is 217 Å². The molecule has 5 N–H and O–H groups in total. The van der Waals surface area contributed by atoms with E-state index in [-0.39, 0.29) is 32.0 Å². The van der Waals surface area contributed by atoms with Crippen LogP contribution in [0.1, 0.15) is 71.6 Å². The van der Waals surface area contributed by atoms with Gasteiger partial charge in [0.2, 0.25) is 5.91 Å². The highest BCUT2D eigenvalue weighted by atomic mass is 16.6. The highest BCUT2D eigenvalue weighted by molar-refractivity contribution is 5.87. The third kappa shape index (κ3) is 21.4. The number of carbonyl (C=O) groups is 4. The first-order valence-corrected chi connectivity index (χ1v) is 21.0. The smallest absolute Gasteiger partial charge is 0.407 e. The molecule has 3 rings (SSSR count). The van der Waals surface area contributed by atoms with E-state index in [0.717, 1.165) is 0 Å². The Bertz CT molecular complexity index is 2330. The standard InChI is InChI=1S/C48H72N6O12/c1-47(2,3)41(51-45(58)61-8)43(56)50-39(32-35-14-10-9-11-15-35)40(55)34-54(33-36-17-19-37(20-18-36)38-16-12-13-21-49-38)53-44(57)42(48(4,5)6)52-46(59)66-31-30-65-29-28-64-27-26-63-25-24-62-23-22-60-7/h9-21,39-42,55H,22-34H2,1-8H3,(H,50,56)(H,51,58)(H,52,59)(H,53,57)/t39-,40-,41+,42+/m0/s1/i1D3,2D3,3D3,8D3,33D2. The van der Waals surface area contributed by atoms with Gasteiger partial charge in [-0.15, -0.1) is 0 Å².